The normalized spacial score (nSPS) is 29.0. The van der Waals surface area contributed by atoms with E-state index in [0.29, 0.717) is 17.8 Å². The Morgan fingerprint density at radius 1 is 0.738 bits per heavy atom. The first kappa shape index (κ1) is 37.6. The van der Waals surface area contributed by atoms with Gasteiger partial charge in [-0.3, -0.25) is 0 Å². The number of hydrogen-bond donors (Lipinski definition) is 2. The highest BCUT2D eigenvalue weighted by atomic mass is 16.3. The molecule has 246 valence electrons. The van der Waals surface area contributed by atoms with Crippen LogP contribution in [-0.2, 0) is 0 Å². The van der Waals surface area contributed by atoms with Crippen molar-refractivity contribution in [3.63, 3.8) is 0 Å². The Labute approximate surface area is 263 Å². The molecule has 2 heteroatoms. The zero-order chi connectivity index (χ0) is 31.5. The first-order valence-corrected chi connectivity index (χ1v) is 18.3. The van der Waals surface area contributed by atoms with Gasteiger partial charge in [0.1, 0.15) is 0 Å². The Kier molecular flexibility index (Phi) is 15.9. The number of allylic oxidation sites excluding steroid dienone is 3. The topological polar surface area (TPSA) is 40.5 Å². The fraction of sp³-hybridized carbons (Fsp3) is 0.900. The molecule has 0 amide bonds. The molecule has 0 radical (unpaired) electrons. The molecule has 2 rings (SSSR count). The SMILES string of the molecule is CC1=C(CC[C@H](C)CCC[C@H](C)CCCC[C@@H](C)CCC[C@@H](C)/C=C/[C@@H]2[C@@H](C)C[C@@H](O)CC2(C)C)C(C)(C)C[C@H](O)C1. The molecule has 0 aliphatic heterocycles. The molecule has 0 unspecified atom stereocenters. The minimum Gasteiger partial charge on any atom is -0.393 e. The zero-order valence-electron chi connectivity index (χ0n) is 30.0. The summed E-state index contributed by atoms with van der Waals surface area (Å²) in [7, 11) is 0. The monoisotopic (exact) mass is 587 g/mol. The largest absolute Gasteiger partial charge is 0.393 e. The molecule has 0 heterocycles. The summed E-state index contributed by atoms with van der Waals surface area (Å²) in [5.74, 6) is 4.34. The molecular weight excluding hydrogens is 512 g/mol. The van der Waals surface area contributed by atoms with Gasteiger partial charge in [-0.05, 0) is 98.2 Å². The third-order valence-corrected chi connectivity index (χ3v) is 11.5. The highest BCUT2D eigenvalue weighted by Gasteiger charge is 2.39. The van der Waals surface area contributed by atoms with Crippen LogP contribution in [0.25, 0.3) is 0 Å². The van der Waals surface area contributed by atoms with Crippen molar-refractivity contribution >= 4 is 0 Å². The zero-order valence-corrected chi connectivity index (χ0v) is 30.0. The lowest BCUT2D eigenvalue weighted by Gasteiger charge is -2.43. The molecule has 2 aliphatic carbocycles. The van der Waals surface area contributed by atoms with E-state index in [4.69, 9.17) is 0 Å². The molecule has 0 bridgehead atoms. The number of hydrogen-bond acceptors (Lipinski definition) is 2. The van der Waals surface area contributed by atoms with Crippen LogP contribution in [0.15, 0.2) is 23.3 Å². The van der Waals surface area contributed by atoms with Gasteiger partial charge >= 0.3 is 0 Å². The van der Waals surface area contributed by atoms with Crippen LogP contribution in [0.5, 0.6) is 0 Å². The van der Waals surface area contributed by atoms with E-state index >= 15 is 0 Å². The van der Waals surface area contributed by atoms with E-state index in [1.54, 1.807) is 5.57 Å². The summed E-state index contributed by atoms with van der Waals surface area (Å²) in [6.07, 6.45) is 24.7. The Bertz CT molecular complexity index is 819. The van der Waals surface area contributed by atoms with E-state index in [1.165, 1.54) is 82.6 Å². The number of rotatable bonds is 18. The lowest BCUT2D eigenvalue weighted by atomic mass is 9.63. The van der Waals surface area contributed by atoms with Crippen molar-refractivity contribution < 1.29 is 10.2 Å². The fourth-order valence-corrected chi connectivity index (χ4v) is 8.83. The summed E-state index contributed by atoms with van der Waals surface area (Å²) in [4.78, 5) is 0. The Morgan fingerprint density at radius 3 is 1.81 bits per heavy atom. The first-order valence-electron chi connectivity index (χ1n) is 18.3. The third-order valence-electron chi connectivity index (χ3n) is 11.5. The Morgan fingerprint density at radius 2 is 1.26 bits per heavy atom. The minimum atomic E-state index is -0.145. The van der Waals surface area contributed by atoms with Crippen molar-refractivity contribution in [2.75, 3.05) is 0 Å². The minimum absolute atomic E-state index is 0.120. The van der Waals surface area contributed by atoms with Gasteiger partial charge in [0, 0.05) is 0 Å². The van der Waals surface area contributed by atoms with Crippen LogP contribution >= 0.6 is 0 Å². The highest BCUT2D eigenvalue weighted by Crippen LogP contribution is 2.45. The van der Waals surface area contributed by atoms with Crippen LogP contribution in [0.2, 0.25) is 0 Å². The van der Waals surface area contributed by atoms with E-state index in [9.17, 15) is 10.2 Å². The average Bonchev–Trinajstić information content (AvgIpc) is 2.84. The van der Waals surface area contributed by atoms with Gasteiger partial charge in [0.25, 0.3) is 0 Å². The van der Waals surface area contributed by atoms with E-state index in [2.05, 4.69) is 81.4 Å². The lowest BCUT2D eigenvalue weighted by Crippen LogP contribution is -2.38. The maximum absolute atomic E-state index is 10.2. The van der Waals surface area contributed by atoms with Crippen molar-refractivity contribution in [2.45, 2.75) is 184 Å². The fourth-order valence-electron chi connectivity index (χ4n) is 8.83. The van der Waals surface area contributed by atoms with Gasteiger partial charge in [0.05, 0.1) is 12.2 Å². The molecule has 2 N–H and O–H groups in total. The lowest BCUT2D eigenvalue weighted by molar-refractivity contribution is 0.00755. The molecule has 2 aliphatic rings. The predicted octanol–water partition coefficient (Wildman–Crippen LogP) is 11.7. The van der Waals surface area contributed by atoms with Crippen LogP contribution in [-0.4, -0.2) is 22.4 Å². The second-order valence-electron chi connectivity index (χ2n) is 17.2. The van der Waals surface area contributed by atoms with Crippen LogP contribution in [0.3, 0.4) is 0 Å². The molecule has 0 aromatic rings. The van der Waals surface area contributed by atoms with Crippen LogP contribution in [0, 0.1) is 46.3 Å². The second-order valence-corrected chi connectivity index (χ2v) is 17.2. The smallest absolute Gasteiger partial charge is 0.0585 e. The van der Waals surface area contributed by atoms with Crippen LogP contribution in [0.1, 0.15) is 172 Å². The summed E-state index contributed by atoms with van der Waals surface area (Å²) in [5.41, 5.74) is 3.45. The number of aliphatic hydroxyl groups is 2. The van der Waals surface area contributed by atoms with Crippen molar-refractivity contribution in [3.8, 4) is 0 Å². The van der Waals surface area contributed by atoms with E-state index in [0.717, 1.165) is 43.4 Å². The van der Waals surface area contributed by atoms with Crippen molar-refractivity contribution in [2.24, 2.45) is 46.3 Å². The Balaban J connectivity index is 1.52. The second kappa shape index (κ2) is 17.8. The Hall–Kier alpha value is -0.600. The molecule has 8 atom stereocenters. The predicted molar refractivity (Wildman–Crippen MR) is 185 cm³/mol. The maximum Gasteiger partial charge on any atom is 0.0585 e. The van der Waals surface area contributed by atoms with Gasteiger partial charge < -0.3 is 10.2 Å². The molecule has 42 heavy (non-hydrogen) atoms. The molecular formula is C40H74O2. The van der Waals surface area contributed by atoms with E-state index < -0.39 is 0 Å². The van der Waals surface area contributed by atoms with Crippen LogP contribution < -0.4 is 0 Å². The van der Waals surface area contributed by atoms with Gasteiger partial charge in [-0.1, -0.05) is 143 Å². The average molecular weight is 587 g/mol. The van der Waals surface area contributed by atoms with Crippen molar-refractivity contribution in [1.29, 1.82) is 0 Å². The van der Waals surface area contributed by atoms with Gasteiger partial charge in [0.15, 0.2) is 0 Å². The maximum atomic E-state index is 10.2. The van der Waals surface area contributed by atoms with Gasteiger partial charge in [-0.2, -0.15) is 0 Å². The number of aliphatic hydroxyl groups excluding tert-OH is 2. The summed E-state index contributed by atoms with van der Waals surface area (Å²) < 4.78 is 0. The van der Waals surface area contributed by atoms with E-state index in [-0.39, 0.29) is 23.0 Å². The quantitative estimate of drug-likeness (QED) is 0.124. The highest BCUT2D eigenvalue weighted by molar-refractivity contribution is 5.23. The van der Waals surface area contributed by atoms with Crippen molar-refractivity contribution in [1.82, 2.24) is 0 Å². The molecule has 2 nitrogen and oxygen atoms in total. The van der Waals surface area contributed by atoms with Gasteiger partial charge in [0.2, 0.25) is 0 Å². The van der Waals surface area contributed by atoms with E-state index in [1.807, 2.05) is 0 Å². The first-order chi connectivity index (χ1) is 19.6. The molecule has 0 saturated heterocycles. The van der Waals surface area contributed by atoms with Gasteiger partial charge in [-0.25, -0.2) is 0 Å². The number of unbranched alkanes of at least 4 members (excludes halogenated alkanes) is 1. The summed E-state index contributed by atoms with van der Waals surface area (Å²) in [5, 5.41) is 20.3. The van der Waals surface area contributed by atoms with Crippen molar-refractivity contribution in [3.05, 3.63) is 23.3 Å². The molecule has 1 fully saturated rings. The molecule has 1 saturated carbocycles. The molecule has 0 spiro atoms. The van der Waals surface area contributed by atoms with Gasteiger partial charge in [-0.15, -0.1) is 0 Å². The standard InChI is InChI=1S/C40H74O2/c1-29(17-13-19-31(3)21-23-37-33(5)25-35(41)27-39(37,7)8)15-11-12-16-30(2)18-14-20-32(4)22-24-38-34(6)26-36(42)28-40(38,9)10/h21,23,29-33,35-37,41-42H,11-20,22,24-28H2,1-10H3/b23-21+/t29-,30-,31-,32-,33+,35-,36-,37-/m1/s1. The summed E-state index contributed by atoms with van der Waals surface area (Å²) in [6, 6.07) is 0. The summed E-state index contributed by atoms with van der Waals surface area (Å²) in [6.45, 7) is 23.7. The molecule has 0 aromatic heterocycles. The molecule has 0 aromatic carbocycles. The third kappa shape index (κ3) is 13.2. The van der Waals surface area contributed by atoms with Crippen LogP contribution in [0.4, 0.5) is 0 Å². The summed E-state index contributed by atoms with van der Waals surface area (Å²) >= 11 is 0.